The van der Waals surface area contributed by atoms with Gasteiger partial charge in [0.15, 0.2) is 22.5 Å². The summed E-state index contributed by atoms with van der Waals surface area (Å²) in [5.41, 5.74) is 0.559. The fraction of sp³-hybridized carbons (Fsp3) is 0.263. The van der Waals surface area contributed by atoms with E-state index in [0.29, 0.717) is 17.2 Å². The standard InChI is InChI=1S/C19H20N2O6S/c1-20-19(23)17-11-21(15-5-3-4-6-16(15)27-17)18(22)12-26-13-7-9-14(10-8-13)28(2,24)25/h3-10,17H,11-12H2,1-2H3,(H,20,23). The van der Waals surface area contributed by atoms with Crippen LogP contribution in [0.15, 0.2) is 53.4 Å². The van der Waals surface area contributed by atoms with Crippen molar-refractivity contribution in [3.05, 3.63) is 48.5 Å². The number of fused-ring (bicyclic) bond motifs is 1. The van der Waals surface area contributed by atoms with Gasteiger partial charge in [0.1, 0.15) is 11.5 Å². The second-order valence-corrected chi connectivity index (χ2v) is 8.24. The zero-order valence-corrected chi connectivity index (χ0v) is 16.2. The molecule has 1 atom stereocenters. The molecule has 0 aliphatic carbocycles. The zero-order chi connectivity index (χ0) is 20.3. The monoisotopic (exact) mass is 404 g/mol. The molecule has 28 heavy (non-hydrogen) atoms. The summed E-state index contributed by atoms with van der Waals surface area (Å²) in [7, 11) is -1.80. The van der Waals surface area contributed by atoms with Gasteiger partial charge in [-0.1, -0.05) is 12.1 Å². The third kappa shape index (κ3) is 4.25. The molecule has 0 aromatic heterocycles. The molecule has 0 radical (unpaired) electrons. The van der Waals surface area contributed by atoms with Crippen LogP contribution < -0.4 is 19.7 Å². The molecular weight excluding hydrogens is 384 g/mol. The molecule has 0 fully saturated rings. The van der Waals surface area contributed by atoms with Gasteiger partial charge < -0.3 is 19.7 Å². The van der Waals surface area contributed by atoms with Crippen molar-refractivity contribution in [1.82, 2.24) is 5.32 Å². The summed E-state index contributed by atoms with van der Waals surface area (Å²) >= 11 is 0. The second kappa shape index (κ2) is 7.89. The maximum absolute atomic E-state index is 12.7. The summed E-state index contributed by atoms with van der Waals surface area (Å²) in [6, 6.07) is 12.8. The summed E-state index contributed by atoms with van der Waals surface area (Å²) in [5, 5.41) is 2.52. The molecule has 0 bridgehead atoms. The SMILES string of the molecule is CNC(=O)C1CN(C(=O)COc2ccc(S(C)(=O)=O)cc2)c2ccccc2O1. The first-order valence-corrected chi connectivity index (χ1v) is 10.4. The minimum atomic E-state index is -3.30. The number of ether oxygens (including phenoxy) is 2. The number of carbonyl (C=O) groups excluding carboxylic acids is 2. The highest BCUT2D eigenvalue weighted by Crippen LogP contribution is 2.33. The van der Waals surface area contributed by atoms with Crippen LogP contribution in [0.3, 0.4) is 0 Å². The first kappa shape index (κ1) is 19.7. The first-order valence-electron chi connectivity index (χ1n) is 8.50. The van der Waals surface area contributed by atoms with Crippen molar-refractivity contribution in [2.75, 3.05) is 31.4 Å². The van der Waals surface area contributed by atoms with Gasteiger partial charge in [0.25, 0.3) is 11.8 Å². The molecule has 1 heterocycles. The molecular formula is C19H20N2O6S. The van der Waals surface area contributed by atoms with E-state index in [1.54, 1.807) is 24.3 Å². The lowest BCUT2D eigenvalue weighted by Crippen LogP contribution is -2.51. The van der Waals surface area contributed by atoms with Crippen molar-refractivity contribution in [2.45, 2.75) is 11.0 Å². The first-order chi connectivity index (χ1) is 13.3. The number of carbonyl (C=O) groups is 2. The van der Waals surface area contributed by atoms with Gasteiger partial charge >= 0.3 is 0 Å². The minimum Gasteiger partial charge on any atom is -0.484 e. The number of likely N-dealkylation sites (N-methyl/N-ethyl adjacent to an activating group) is 1. The molecule has 0 spiro atoms. The predicted molar refractivity (Wildman–Crippen MR) is 102 cm³/mol. The van der Waals surface area contributed by atoms with Crippen LogP contribution in [0.4, 0.5) is 5.69 Å². The Bertz CT molecular complexity index is 988. The van der Waals surface area contributed by atoms with Gasteiger partial charge in [-0.15, -0.1) is 0 Å². The highest BCUT2D eigenvalue weighted by molar-refractivity contribution is 7.90. The number of nitrogens with one attached hydrogen (secondary N) is 1. The van der Waals surface area contributed by atoms with Gasteiger partial charge in [0, 0.05) is 13.3 Å². The fourth-order valence-electron chi connectivity index (χ4n) is 2.77. The highest BCUT2D eigenvalue weighted by Gasteiger charge is 2.33. The van der Waals surface area contributed by atoms with Gasteiger partial charge in [-0.25, -0.2) is 8.42 Å². The van der Waals surface area contributed by atoms with Crippen LogP contribution in [-0.4, -0.2) is 52.8 Å². The van der Waals surface area contributed by atoms with E-state index >= 15 is 0 Å². The quantitative estimate of drug-likeness (QED) is 0.798. The van der Waals surface area contributed by atoms with E-state index in [2.05, 4.69) is 5.32 Å². The molecule has 2 aromatic carbocycles. The molecule has 1 unspecified atom stereocenters. The summed E-state index contributed by atoms with van der Waals surface area (Å²) in [4.78, 5) is 26.3. The smallest absolute Gasteiger partial charge is 0.265 e. The van der Waals surface area contributed by atoms with E-state index in [4.69, 9.17) is 9.47 Å². The third-order valence-electron chi connectivity index (χ3n) is 4.23. The van der Waals surface area contributed by atoms with E-state index in [1.165, 1.54) is 36.2 Å². The van der Waals surface area contributed by atoms with Crippen LogP contribution in [0.2, 0.25) is 0 Å². The predicted octanol–water partition coefficient (Wildman–Crippen LogP) is 1.01. The van der Waals surface area contributed by atoms with Gasteiger partial charge in [0.05, 0.1) is 17.1 Å². The molecule has 0 saturated heterocycles. The van der Waals surface area contributed by atoms with Crippen LogP contribution in [-0.2, 0) is 19.4 Å². The zero-order valence-electron chi connectivity index (χ0n) is 15.4. The minimum absolute atomic E-state index is 0.0614. The summed E-state index contributed by atoms with van der Waals surface area (Å²) < 4.78 is 34.2. The molecule has 2 aromatic rings. The van der Waals surface area contributed by atoms with Crippen molar-refractivity contribution in [1.29, 1.82) is 0 Å². The number of anilines is 1. The van der Waals surface area contributed by atoms with Gasteiger partial charge in [-0.2, -0.15) is 0 Å². The Morgan fingerprint density at radius 2 is 1.86 bits per heavy atom. The van der Waals surface area contributed by atoms with Crippen LogP contribution in [0.25, 0.3) is 0 Å². The molecule has 1 aliphatic rings. The summed E-state index contributed by atoms with van der Waals surface area (Å²) in [6.07, 6.45) is 0.295. The topological polar surface area (TPSA) is 102 Å². The Kier molecular flexibility index (Phi) is 5.55. The lowest BCUT2D eigenvalue weighted by molar-refractivity contribution is -0.128. The van der Waals surface area contributed by atoms with E-state index in [9.17, 15) is 18.0 Å². The van der Waals surface area contributed by atoms with Crippen LogP contribution in [0, 0.1) is 0 Å². The van der Waals surface area contributed by atoms with E-state index in [-0.39, 0.29) is 29.9 Å². The Morgan fingerprint density at radius 1 is 1.18 bits per heavy atom. The number of sulfone groups is 1. The van der Waals surface area contributed by atoms with Crippen molar-refractivity contribution in [3.8, 4) is 11.5 Å². The van der Waals surface area contributed by atoms with E-state index < -0.39 is 15.9 Å². The number of nitrogens with zero attached hydrogens (tertiary/aromatic N) is 1. The molecule has 148 valence electrons. The Balaban J connectivity index is 1.73. The number of hydrogen-bond acceptors (Lipinski definition) is 6. The Hall–Kier alpha value is -3.07. The second-order valence-electron chi connectivity index (χ2n) is 6.23. The van der Waals surface area contributed by atoms with Crippen LogP contribution in [0.1, 0.15) is 0 Å². The summed E-state index contributed by atoms with van der Waals surface area (Å²) in [5.74, 6) is 0.125. The van der Waals surface area contributed by atoms with Crippen LogP contribution >= 0.6 is 0 Å². The number of rotatable bonds is 5. The number of benzene rings is 2. The lowest BCUT2D eigenvalue weighted by Gasteiger charge is -2.33. The lowest BCUT2D eigenvalue weighted by atomic mass is 10.1. The molecule has 0 saturated carbocycles. The third-order valence-corrected chi connectivity index (χ3v) is 5.36. The van der Waals surface area contributed by atoms with Gasteiger partial charge in [0.2, 0.25) is 0 Å². The normalized spacial score (nSPS) is 15.9. The van der Waals surface area contributed by atoms with Gasteiger partial charge in [-0.05, 0) is 36.4 Å². The molecule has 2 amide bonds. The van der Waals surface area contributed by atoms with Gasteiger partial charge in [-0.3, -0.25) is 9.59 Å². The number of para-hydroxylation sites is 2. The number of hydrogen-bond donors (Lipinski definition) is 1. The van der Waals surface area contributed by atoms with Crippen LogP contribution in [0.5, 0.6) is 11.5 Å². The molecule has 3 rings (SSSR count). The average Bonchev–Trinajstić information content (AvgIpc) is 2.70. The van der Waals surface area contributed by atoms with Crippen molar-refractivity contribution in [2.24, 2.45) is 0 Å². The fourth-order valence-corrected chi connectivity index (χ4v) is 3.40. The molecule has 1 aliphatic heterocycles. The van der Waals surface area contributed by atoms with Crippen molar-refractivity contribution < 1.29 is 27.5 Å². The Morgan fingerprint density at radius 3 is 2.50 bits per heavy atom. The van der Waals surface area contributed by atoms with Crippen molar-refractivity contribution >= 4 is 27.3 Å². The van der Waals surface area contributed by atoms with E-state index in [0.717, 1.165) is 6.26 Å². The summed E-state index contributed by atoms with van der Waals surface area (Å²) in [6.45, 7) is -0.209. The largest absolute Gasteiger partial charge is 0.484 e. The molecule has 8 nitrogen and oxygen atoms in total. The number of amides is 2. The Labute approximate surface area is 163 Å². The maximum atomic E-state index is 12.7. The van der Waals surface area contributed by atoms with Crippen molar-refractivity contribution in [3.63, 3.8) is 0 Å². The van der Waals surface area contributed by atoms with E-state index in [1.807, 2.05) is 0 Å². The average molecular weight is 404 g/mol. The molecule has 9 heteroatoms. The molecule has 1 N–H and O–H groups in total. The highest BCUT2D eigenvalue weighted by atomic mass is 32.2. The maximum Gasteiger partial charge on any atom is 0.265 e.